The summed E-state index contributed by atoms with van der Waals surface area (Å²) in [6.07, 6.45) is -2.68. The van der Waals surface area contributed by atoms with E-state index in [4.69, 9.17) is 4.74 Å². The Bertz CT molecular complexity index is 420. The smallest absolute Gasteiger partial charge is 0.496 e. The fraction of sp³-hybridized carbons (Fsp3) is 0.500. The van der Waals surface area contributed by atoms with Gasteiger partial charge in [0.05, 0.1) is 7.11 Å². The molecule has 1 aromatic carbocycles. The number of alkyl halides is 3. The van der Waals surface area contributed by atoms with Gasteiger partial charge in [0.15, 0.2) is 0 Å². The van der Waals surface area contributed by atoms with Gasteiger partial charge in [-0.05, 0) is 25.5 Å². The van der Waals surface area contributed by atoms with Gasteiger partial charge in [0.2, 0.25) is 0 Å². The second-order valence-electron chi connectivity index (χ2n) is 4.10. The van der Waals surface area contributed by atoms with E-state index in [1.807, 2.05) is 0 Å². The highest BCUT2D eigenvalue weighted by Crippen LogP contribution is 2.35. The first-order valence-electron chi connectivity index (χ1n) is 5.66. The number of benzene rings is 1. The van der Waals surface area contributed by atoms with Gasteiger partial charge >= 0.3 is 6.36 Å². The summed E-state index contributed by atoms with van der Waals surface area (Å²) in [6, 6.07) is 4.33. The summed E-state index contributed by atoms with van der Waals surface area (Å²) >= 11 is 0. The molecule has 0 bridgehead atoms. The predicted molar refractivity (Wildman–Crippen MR) is 66.9 cm³/mol. The van der Waals surface area contributed by atoms with Crippen LogP contribution in [0.25, 0.3) is 0 Å². The van der Waals surface area contributed by atoms with Crippen molar-refractivity contribution in [1.82, 2.24) is 5.32 Å². The molecule has 0 unspecified atom stereocenters. The fourth-order valence-electron chi connectivity index (χ4n) is 2.13. The molecule has 0 aliphatic carbocycles. The van der Waals surface area contributed by atoms with E-state index in [0.717, 1.165) is 24.9 Å². The first kappa shape index (κ1) is 15.9. The van der Waals surface area contributed by atoms with Crippen molar-refractivity contribution in [3.8, 4) is 11.5 Å². The number of halogens is 4. The highest BCUT2D eigenvalue weighted by atomic mass is 35.5. The Hall–Kier alpha value is -1.14. The van der Waals surface area contributed by atoms with Crippen LogP contribution in [0.5, 0.6) is 11.5 Å². The summed E-state index contributed by atoms with van der Waals surface area (Å²) in [4.78, 5) is 0. The van der Waals surface area contributed by atoms with Crippen molar-refractivity contribution in [2.45, 2.75) is 25.2 Å². The Morgan fingerprint density at radius 1 is 1.32 bits per heavy atom. The third-order valence-electron chi connectivity index (χ3n) is 2.87. The average Bonchev–Trinajstić information content (AvgIpc) is 2.80. The molecule has 2 rings (SSSR count). The third-order valence-corrected chi connectivity index (χ3v) is 2.87. The lowest BCUT2D eigenvalue weighted by molar-refractivity contribution is -0.274. The Morgan fingerprint density at radius 2 is 2.05 bits per heavy atom. The molecule has 0 spiro atoms. The third kappa shape index (κ3) is 4.18. The van der Waals surface area contributed by atoms with Gasteiger partial charge in [-0.1, -0.05) is 6.07 Å². The minimum atomic E-state index is -4.68. The average molecular weight is 298 g/mol. The zero-order valence-electron chi connectivity index (χ0n) is 10.3. The molecule has 1 aromatic rings. The van der Waals surface area contributed by atoms with E-state index in [2.05, 4.69) is 10.1 Å². The lowest BCUT2D eigenvalue weighted by atomic mass is 10.0. The van der Waals surface area contributed by atoms with Crippen molar-refractivity contribution in [3.05, 3.63) is 23.8 Å². The molecule has 3 nitrogen and oxygen atoms in total. The number of methoxy groups -OCH3 is 1. The van der Waals surface area contributed by atoms with Gasteiger partial charge in [-0.2, -0.15) is 0 Å². The van der Waals surface area contributed by atoms with E-state index in [0.29, 0.717) is 5.75 Å². The predicted octanol–water partition coefficient (Wildman–Crippen LogP) is 3.44. The summed E-state index contributed by atoms with van der Waals surface area (Å²) in [5.74, 6) is 0.150. The van der Waals surface area contributed by atoms with Crippen LogP contribution in [0.15, 0.2) is 18.2 Å². The van der Waals surface area contributed by atoms with E-state index >= 15 is 0 Å². The topological polar surface area (TPSA) is 30.5 Å². The second-order valence-corrected chi connectivity index (χ2v) is 4.10. The van der Waals surface area contributed by atoms with Crippen molar-refractivity contribution in [1.29, 1.82) is 0 Å². The van der Waals surface area contributed by atoms with Gasteiger partial charge in [0.25, 0.3) is 0 Å². The molecule has 1 saturated heterocycles. The second kappa shape index (κ2) is 6.34. The van der Waals surface area contributed by atoms with Crippen molar-refractivity contribution in [2.75, 3.05) is 13.7 Å². The van der Waals surface area contributed by atoms with Crippen LogP contribution in [0.2, 0.25) is 0 Å². The van der Waals surface area contributed by atoms with Crippen molar-refractivity contribution < 1.29 is 22.6 Å². The highest BCUT2D eigenvalue weighted by Gasteiger charge is 2.31. The molecule has 0 amide bonds. The lowest BCUT2D eigenvalue weighted by Crippen LogP contribution is -2.18. The zero-order valence-corrected chi connectivity index (χ0v) is 11.1. The Morgan fingerprint density at radius 3 is 2.58 bits per heavy atom. The molecule has 1 heterocycles. The van der Waals surface area contributed by atoms with Crippen LogP contribution in [0, 0.1) is 0 Å². The van der Waals surface area contributed by atoms with Crippen LogP contribution in [0.3, 0.4) is 0 Å². The molecular formula is C12H15ClF3NO2. The molecule has 108 valence electrons. The number of rotatable bonds is 3. The lowest BCUT2D eigenvalue weighted by Gasteiger charge is -2.17. The molecular weight excluding hydrogens is 283 g/mol. The summed E-state index contributed by atoms with van der Waals surface area (Å²) in [6.45, 7) is 0.911. The molecule has 1 fully saturated rings. The summed E-state index contributed by atoms with van der Waals surface area (Å²) < 4.78 is 45.3. The largest absolute Gasteiger partial charge is 0.573 e. The van der Waals surface area contributed by atoms with Crippen molar-refractivity contribution in [3.63, 3.8) is 0 Å². The van der Waals surface area contributed by atoms with Gasteiger partial charge < -0.3 is 14.8 Å². The maximum Gasteiger partial charge on any atom is 0.573 e. The molecule has 1 aliphatic rings. The Labute approximate surface area is 115 Å². The maximum atomic E-state index is 12.1. The molecule has 19 heavy (non-hydrogen) atoms. The highest BCUT2D eigenvalue weighted by molar-refractivity contribution is 5.85. The van der Waals surface area contributed by atoms with Gasteiger partial charge in [-0.25, -0.2) is 0 Å². The standard InChI is InChI=1S/C12H14F3NO2.ClH/c1-17-11-7-8(18-12(13,14)15)4-5-9(11)10-3-2-6-16-10;/h4-5,7,10,16H,2-3,6H2,1H3;1H/t10-;/m1./s1. The zero-order chi connectivity index (χ0) is 13.2. The van der Waals surface area contributed by atoms with Gasteiger partial charge in [-0.15, -0.1) is 25.6 Å². The van der Waals surface area contributed by atoms with Gasteiger partial charge in [0.1, 0.15) is 11.5 Å². The van der Waals surface area contributed by atoms with Crippen LogP contribution < -0.4 is 14.8 Å². The fourth-order valence-corrected chi connectivity index (χ4v) is 2.13. The van der Waals surface area contributed by atoms with Crippen molar-refractivity contribution in [2.24, 2.45) is 0 Å². The SMILES string of the molecule is COc1cc(OC(F)(F)F)ccc1[C@H]1CCCN1.Cl. The van der Waals surface area contributed by atoms with Crippen LogP contribution in [0.1, 0.15) is 24.4 Å². The number of hydrogen-bond donors (Lipinski definition) is 1. The number of hydrogen-bond acceptors (Lipinski definition) is 3. The van der Waals surface area contributed by atoms with Gasteiger partial charge in [-0.3, -0.25) is 0 Å². The minimum absolute atomic E-state index is 0. The molecule has 1 N–H and O–H groups in total. The number of ether oxygens (including phenoxy) is 2. The Kier molecular flexibility index (Phi) is 5.31. The molecule has 0 saturated carbocycles. The van der Waals surface area contributed by atoms with E-state index in [9.17, 15) is 13.2 Å². The van der Waals surface area contributed by atoms with Crippen LogP contribution in [-0.2, 0) is 0 Å². The minimum Gasteiger partial charge on any atom is -0.496 e. The van der Waals surface area contributed by atoms with Crippen molar-refractivity contribution >= 4 is 12.4 Å². The quantitative estimate of drug-likeness (QED) is 0.927. The van der Waals surface area contributed by atoms with E-state index < -0.39 is 6.36 Å². The van der Waals surface area contributed by atoms with E-state index in [1.54, 1.807) is 6.07 Å². The summed E-state index contributed by atoms with van der Waals surface area (Å²) in [5, 5.41) is 3.27. The first-order valence-corrected chi connectivity index (χ1v) is 5.66. The molecule has 1 aliphatic heterocycles. The summed E-state index contributed by atoms with van der Waals surface area (Å²) in [7, 11) is 1.44. The molecule has 0 radical (unpaired) electrons. The van der Waals surface area contributed by atoms with Crippen LogP contribution >= 0.6 is 12.4 Å². The van der Waals surface area contributed by atoms with Gasteiger partial charge in [0, 0.05) is 17.7 Å². The molecule has 0 aromatic heterocycles. The number of nitrogens with one attached hydrogen (secondary N) is 1. The van der Waals surface area contributed by atoms with E-state index in [1.165, 1.54) is 19.2 Å². The van der Waals surface area contributed by atoms with Crippen LogP contribution in [0.4, 0.5) is 13.2 Å². The monoisotopic (exact) mass is 297 g/mol. The maximum absolute atomic E-state index is 12.1. The molecule has 1 atom stereocenters. The first-order chi connectivity index (χ1) is 8.49. The normalized spacial score (nSPS) is 18.8. The van der Waals surface area contributed by atoms with E-state index in [-0.39, 0.29) is 24.2 Å². The summed E-state index contributed by atoms with van der Waals surface area (Å²) in [5.41, 5.74) is 0.865. The molecule has 7 heteroatoms. The van der Waals surface area contributed by atoms with Crippen LogP contribution in [-0.4, -0.2) is 20.0 Å². The Balaban J connectivity index is 0.00000180.